The molecule has 0 saturated carbocycles. The Labute approximate surface area is 80.9 Å². The molecule has 0 saturated heterocycles. The fraction of sp³-hybridized carbons (Fsp3) is 0.750. The van der Waals surface area contributed by atoms with Gasteiger partial charge >= 0.3 is 80.6 Å². The van der Waals surface area contributed by atoms with Gasteiger partial charge in [-0.2, -0.15) is 0 Å². The Balaban J connectivity index is 3.13. The van der Waals surface area contributed by atoms with E-state index in [-0.39, 0.29) is 0 Å². The number of hydrogen-bond acceptors (Lipinski definition) is 3. The molecular weight excluding hydrogens is 192 g/mol. The van der Waals surface area contributed by atoms with Crippen molar-refractivity contribution >= 4 is 0 Å². The molecule has 0 bridgehead atoms. The van der Waals surface area contributed by atoms with Gasteiger partial charge in [-0.15, -0.1) is 0 Å². The third-order valence-electron chi connectivity index (χ3n) is 1.29. The molecular formula is C8H16O3Ti. The number of rotatable bonds is 8. The van der Waals surface area contributed by atoms with Gasteiger partial charge in [0.25, 0.3) is 0 Å². The van der Waals surface area contributed by atoms with E-state index in [2.05, 4.69) is 13.5 Å². The summed E-state index contributed by atoms with van der Waals surface area (Å²) in [6, 6.07) is 0. The van der Waals surface area contributed by atoms with Gasteiger partial charge < -0.3 is 0 Å². The summed E-state index contributed by atoms with van der Waals surface area (Å²) in [5.41, 5.74) is 0. The van der Waals surface area contributed by atoms with Crippen molar-refractivity contribution in [2.75, 3.05) is 13.2 Å². The van der Waals surface area contributed by atoms with Gasteiger partial charge in [-0.3, -0.25) is 0 Å². The minimum absolute atomic E-state index is 0.326. The molecule has 4 heteroatoms. The predicted molar refractivity (Wildman–Crippen MR) is 42.3 cm³/mol. The normalized spacial score (nSPS) is 9.75. The Bertz CT molecular complexity index is 136. The molecule has 0 aliphatic heterocycles. The topological polar surface area (TPSA) is 35.5 Å². The van der Waals surface area contributed by atoms with Crippen LogP contribution in [-0.4, -0.2) is 13.2 Å². The average molecular weight is 208 g/mol. The molecule has 0 aliphatic rings. The van der Waals surface area contributed by atoms with Crippen LogP contribution in [0.25, 0.3) is 0 Å². The van der Waals surface area contributed by atoms with Gasteiger partial charge in [-0.05, 0) is 0 Å². The molecule has 0 aliphatic carbocycles. The maximum atomic E-state index is 10.9. The van der Waals surface area contributed by atoms with Crippen LogP contribution in [0.2, 0.25) is 0 Å². The van der Waals surface area contributed by atoms with Gasteiger partial charge in [-0.25, -0.2) is 0 Å². The molecule has 0 aromatic carbocycles. The monoisotopic (exact) mass is 208 g/mol. The van der Waals surface area contributed by atoms with Crippen LogP contribution in [0.4, 0.5) is 0 Å². The van der Waals surface area contributed by atoms with Crippen molar-refractivity contribution < 1.29 is 28.6 Å². The van der Waals surface area contributed by atoms with E-state index in [4.69, 9.17) is 6.64 Å². The van der Waals surface area contributed by atoms with Gasteiger partial charge in [0.2, 0.25) is 0 Å². The summed E-state index contributed by atoms with van der Waals surface area (Å²) >= 11 is -2.83. The molecule has 0 heterocycles. The molecule has 0 N–H and O–H groups in total. The molecule has 0 spiro atoms. The maximum absolute atomic E-state index is 10.9. The summed E-state index contributed by atoms with van der Waals surface area (Å²) in [6.45, 7) is 6.45. The van der Waals surface area contributed by atoms with Crippen LogP contribution in [0.5, 0.6) is 0 Å². The summed E-state index contributed by atoms with van der Waals surface area (Å²) in [7, 11) is 0. The Morgan fingerprint density at radius 1 is 1.42 bits per heavy atom. The van der Waals surface area contributed by atoms with E-state index in [1.165, 1.54) is 0 Å². The fourth-order valence-corrected chi connectivity index (χ4v) is 1.69. The first-order valence-electron chi connectivity index (χ1n) is 4.21. The van der Waals surface area contributed by atoms with E-state index >= 15 is 0 Å². The second kappa shape index (κ2) is 9.26. The Morgan fingerprint density at radius 3 is 2.75 bits per heavy atom. The van der Waals surface area contributed by atoms with Crippen LogP contribution in [0.1, 0.15) is 26.2 Å². The van der Waals surface area contributed by atoms with E-state index in [1.54, 1.807) is 6.08 Å². The molecule has 70 valence electrons. The second-order valence-electron chi connectivity index (χ2n) is 2.41. The first-order valence-corrected chi connectivity index (χ1v) is 6.13. The molecule has 0 aromatic heterocycles. The van der Waals surface area contributed by atoms with Crippen LogP contribution < -0.4 is 0 Å². The molecule has 12 heavy (non-hydrogen) atoms. The first kappa shape index (κ1) is 12.2. The quantitative estimate of drug-likeness (QED) is 0.348. The van der Waals surface area contributed by atoms with E-state index in [9.17, 15) is 3.32 Å². The van der Waals surface area contributed by atoms with E-state index < -0.39 is 18.6 Å². The summed E-state index contributed by atoms with van der Waals surface area (Å²) in [6.07, 6.45) is 4.80. The van der Waals surface area contributed by atoms with Gasteiger partial charge in [-0.1, -0.05) is 0 Å². The van der Waals surface area contributed by atoms with Crippen LogP contribution in [0, 0.1) is 0 Å². The molecule has 0 radical (unpaired) electrons. The van der Waals surface area contributed by atoms with Crippen molar-refractivity contribution in [2.24, 2.45) is 0 Å². The average Bonchev–Trinajstić information content (AvgIpc) is 2.09. The summed E-state index contributed by atoms with van der Waals surface area (Å²) in [4.78, 5) is 0. The molecule has 0 unspecified atom stereocenters. The first-order chi connectivity index (χ1) is 5.81. The van der Waals surface area contributed by atoms with Crippen molar-refractivity contribution in [3.63, 3.8) is 0 Å². The summed E-state index contributed by atoms with van der Waals surface area (Å²) < 4.78 is 20.8. The van der Waals surface area contributed by atoms with Gasteiger partial charge in [0.1, 0.15) is 0 Å². The third-order valence-corrected chi connectivity index (χ3v) is 2.60. The Morgan fingerprint density at radius 2 is 2.17 bits per heavy atom. The number of hydrogen-bond donors (Lipinski definition) is 0. The molecule has 0 fully saturated rings. The van der Waals surface area contributed by atoms with Crippen molar-refractivity contribution in [1.82, 2.24) is 0 Å². The van der Waals surface area contributed by atoms with E-state index in [0.717, 1.165) is 19.3 Å². The molecule has 0 rings (SSSR count). The zero-order chi connectivity index (χ0) is 9.23. The van der Waals surface area contributed by atoms with Gasteiger partial charge in [0.15, 0.2) is 0 Å². The second-order valence-corrected chi connectivity index (χ2v) is 4.09. The SMILES string of the molecule is C=CC[O][Ti](=[O])[O]CCCCC. The van der Waals surface area contributed by atoms with Crippen molar-refractivity contribution in [3.05, 3.63) is 12.7 Å². The van der Waals surface area contributed by atoms with Crippen LogP contribution >= 0.6 is 0 Å². The standard InChI is InChI=1S/C5H11O.C3H5O.O.Ti/c1-2-3-4-5-6;1-2-3-4;;/h2-5H2,1H3;2H,1,3H2;;/q2*-1;;+2. The van der Waals surface area contributed by atoms with Crippen LogP contribution in [-0.2, 0) is 28.6 Å². The molecule has 0 atom stereocenters. The molecule has 0 amide bonds. The zero-order valence-corrected chi connectivity index (χ0v) is 9.11. The van der Waals surface area contributed by atoms with Crippen LogP contribution in [0.3, 0.4) is 0 Å². The zero-order valence-electron chi connectivity index (χ0n) is 7.54. The molecule has 0 aromatic rings. The van der Waals surface area contributed by atoms with Crippen LogP contribution in [0.15, 0.2) is 12.7 Å². The third kappa shape index (κ3) is 8.27. The number of unbranched alkanes of at least 4 members (excludes halogenated alkanes) is 2. The van der Waals surface area contributed by atoms with Gasteiger partial charge in [0, 0.05) is 0 Å². The summed E-state index contributed by atoms with van der Waals surface area (Å²) in [5, 5.41) is 0. The summed E-state index contributed by atoms with van der Waals surface area (Å²) in [5.74, 6) is 0. The Hall–Kier alpha value is 0.174. The Kier molecular flexibility index (Phi) is 9.40. The van der Waals surface area contributed by atoms with E-state index in [1.807, 2.05) is 0 Å². The van der Waals surface area contributed by atoms with Crippen molar-refractivity contribution in [1.29, 1.82) is 0 Å². The van der Waals surface area contributed by atoms with Gasteiger partial charge in [0.05, 0.1) is 0 Å². The molecule has 3 nitrogen and oxygen atoms in total. The predicted octanol–water partition coefficient (Wildman–Crippen LogP) is 2.19. The van der Waals surface area contributed by atoms with E-state index in [0.29, 0.717) is 13.2 Å². The van der Waals surface area contributed by atoms with Crippen molar-refractivity contribution in [3.8, 4) is 0 Å². The fourth-order valence-electron chi connectivity index (χ4n) is 0.676. The minimum atomic E-state index is -2.83. The van der Waals surface area contributed by atoms with Crippen molar-refractivity contribution in [2.45, 2.75) is 26.2 Å².